The average Bonchev–Trinajstić information content (AvgIpc) is 2.80. The van der Waals surface area contributed by atoms with Crippen LogP contribution in [0.3, 0.4) is 0 Å². The summed E-state index contributed by atoms with van der Waals surface area (Å²) in [6.45, 7) is 0. The topological polar surface area (TPSA) is 58.2 Å². The molecule has 4 aromatic rings. The molecule has 0 saturated carbocycles. The molecule has 0 aliphatic heterocycles. The third kappa shape index (κ3) is 4.40. The summed E-state index contributed by atoms with van der Waals surface area (Å²) in [5.74, 6) is 0. The Balaban J connectivity index is 1.75. The van der Waals surface area contributed by atoms with Crippen molar-refractivity contribution in [3.8, 4) is 0 Å². The summed E-state index contributed by atoms with van der Waals surface area (Å²) in [5, 5.41) is 1.85. The van der Waals surface area contributed by atoms with E-state index in [1.807, 2.05) is 91.0 Å². The van der Waals surface area contributed by atoms with E-state index in [-0.39, 0.29) is 4.90 Å². The minimum Gasteiger partial charge on any atom is -0.224 e. The molecule has 4 rings (SSSR count). The van der Waals surface area contributed by atoms with E-state index in [1.54, 1.807) is 12.1 Å². The molecule has 0 radical (unpaired) electrons. The van der Waals surface area contributed by atoms with Crippen molar-refractivity contribution in [2.75, 3.05) is 0 Å². The summed E-state index contributed by atoms with van der Waals surface area (Å²) in [6, 6.07) is 30.7. The molecule has 0 bridgehead atoms. The predicted molar refractivity (Wildman–Crippen MR) is 122 cm³/mol. The number of benzene rings is 4. The van der Waals surface area contributed by atoms with Crippen molar-refractivity contribution in [3.63, 3.8) is 0 Å². The first-order chi connectivity index (χ1) is 14.6. The van der Waals surface area contributed by atoms with Crippen LogP contribution < -0.4 is 9.56 Å². The molecule has 0 spiro atoms. The maximum Gasteiger partial charge on any atom is 0.241 e. The van der Waals surface area contributed by atoms with Crippen molar-refractivity contribution >= 4 is 32.6 Å². The summed E-state index contributed by atoms with van der Waals surface area (Å²) in [5.41, 5.74) is 1.69. The number of hydrogen-bond donors (Lipinski definition) is 2. The molecule has 30 heavy (non-hydrogen) atoms. The number of halogens is 1. The van der Waals surface area contributed by atoms with Crippen LogP contribution in [0.5, 0.6) is 0 Å². The van der Waals surface area contributed by atoms with E-state index < -0.39 is 22.1 Å². The Labute approximate surface area is 181 Å². The average molecular weight is 437 g/mol. The SMILES string of the molecule is O=S(=O)(N[C@H](c1ccccc1)[C@H](NCl)c1ccccc1)c1ccc2ccccc2c1. The second-order valence-electron chi connectivity index (χ2n) is 7.02. The van der Waals surface area contributed by atoms with Crippen molar-refractivity contribution < 1.29 is 8.42 Å². The monoisotopic (exact) mass is 436 g/mol. The summed E-state index contributed by atoms with van der Waals surface area (Å²) < 4.78 is 29.5. The van der Waals surface area contributed by atoms with Crippen LogP contribution >= 0.6 is 11.8 Å². The van der Waals surface area contributed by atoms with Gasteiger partial charge in [-0.3, -0.25) is 0 Å². The highest BCUT2D eigenvalue weighted by Gasteiger charge is 2.29. The van der Waals surface area contributed by atoms with Gasteiger partial charge in [-0.2, -0.15) is 0 Å². The second-order valence-corrected chi connectivity index (χ2v) is 8.95. The van der Waals surface area contributed by atoms with Crippen LogP contribution in [0.4, 0.5) is 0 Å². The number of rotatable bonds is 7. The van der Waals surface area contributed by atoms with Crippen LogP contribution in [0.15, 0.2) is 108 Å². The zero-order chi connectivity index (χ0) is 21.0. The largest absolute Gasteiger partial charge is 0.241 e. The van der Waals surface area contributed by atoms with Crippen LogP contribution in [0, 0.1) is 0 Å². The zero-order valence-corrected chi connectivity index (χ0v) is 17.6. The molecule has 152 valence electrons. The fraction of sp³-hybridized carbons (Fsp3) is 0.0833. The van der Waals surface area contributed by atoms with Gasteiger partial charge in [0.1, 0.15) is 0 Å². The Kier molecular flexibility index (Phi) is 6.16. The maximum absolute atomic E-state index is 13.3. The number of fused-ring (bicyclic) bond motifs is 1. The summed E-state index contributed by atoms with van der Waals surface area (Å²) in [6.07, 6.45) is 0. The van der Waals surface area contributed by atoms with E-state index in [1.165, 1.54) is 0 Å². The van der Waals surface area contributed by atoms with Crippen molar-refractivity contribution in [1.29, 1.82) is 0 Å². The quantitative estimate of drug-likeness (QED) is 0.384. The van der Waals surface area contributed by atoms with Gasteiger partial charge in [0.05, 0.1) is 17.0 Å². The Morgan fingerprint density at radius 1 is 0.633 bits per heavy atom. The van der Waals surface area contributed by atoms with Gasteiger partial charge >= 0.3 is 0 Å². The molecule has 0 amide bonds. The van der Waals surface area contributed by atoms with E-state index in [9.17, 15) is 8.42 Å². The molecule has 0 unspecified atom stereocenters. The molecule has 0 aliphatic rings. The highest BCUT2D eigenvalue weighted by molar-refractivity contribution is 7.89. The van der Waals surface area contributed by atoms with Gasteiger partial charge in [-0.25, -0.2) is 18.0 Å². The van der Waals surface area contributed by atoms with Gasteiger partial charge in [0.25, 0.3) is 0 Å². The molecule has 6 heteroatoms. The van der Waals surface area contributed by atoms with Gasteiger partial charge < -0.3 is 0 Å². The highest BCUT2D eigenvalue weighted by Crippen LogP contribution is 2.31. The Morgan fingerprint density at radius 3 is 1.77 bits per heavy atom. The summed E-state index contributed by atoms with van der Waals surface area (Å²) >= 11 is 6.11. The lowest BCUT2D eigenvalue weighted by Crippen LogP contribution is -2.36. The van der Waals surface area contributed by atoms with Crippen molar-refractivity contribution in [2.24, 2.45) is 0 Å². The second kappa shape index (κ2) is 8.98. The maximum atomic E-state index is 13.3. The smallest absolute Gasteiger partial charge is 0.224 e. The van der Waals surface area contributed by atoms with Crippen LogP contribution in [-0.2, 0) is 10.0 Å². The normalized spacial score (nSPS) is 13.8. The van der Waals surface area contributed by atoms with Crippen molar-refractivity contribution in [3.05, 3.63) is 114 Å². The molecular weight excluding hydrogens is 416 g/mol. The third-order valence-corrected chi connectivity index (χ3v) is 6.76. The first-order valence-corrected chi connectivity index (χ1v) is 11.4. The molecular formula is C24H21ClN2O2S. The lowest BCUT2D eigenvalue weighted by Gasteiger charge is -2.27. The van der Waals surface area contributed by atoms with E-state index in [2.05, 4.69) is 9.56 Å². The zero-order valence-electron chi connectivity index (χ0n) is 16.1. The lowest BCUT2D eigenvalue weighted by molar-refractivity contribution is 0.482. The van der Waals surface area contributed by atoms with Crippen molar-refractivity contribution in [2.45, 2.75) is 17.0 Å². The van der Waals surface area contributed by atoms with E-state index >= 15 is 0 Å². The van der Waals surface area contributed by atoms with Gasteiger partial charge in [-0.1, -0.05) is 91.0 Å². The molecule has 0 saturated heterocycles. The fourth-order valence-corrected chi connectivity index (χ4v) is 5.06. The molecule has 4 aromatic carbocycles. The molecule has 0 heterocycles. The molecule has 0 aliphatic carbocycles. The molecule has 4 nitrogen and oxygen atoms in total. The minimum absolute atomic E-state index is 0.212. The van der Waals surface area contributed by atoms with Crippen molar-refractivity contribution in [1.82, 2.24) is 9.56 Å². The Morgan fingerprint density at radius 2 is 1.17 bits per heavy atom. The Bertz CT molecular complexity index is 1230. The lowest BCUT2D eigenvalue weighted by atomic mass is 9.95. The first-order valence-electron chi connectivity index (χ1n) is 9.56. The minimum atomic E-state index is -3.81. The van der Waals surface area contributed by atoms with E-state index in [4.69, 9.17) is 11.8 Å². The number of sulfonamides is 1. The predicted octanol–water partition coefficient (Wildman–Crippen LogP) is 5.34. The third-order valence-electron chi connectivity index (χ3n) is 5.08. The molecule has 2 atom stereocenters. The highest BCUT2D eigenvalue weighted by atomic mass is 35.5. The summed E-state index contributed by atoms with van der Waals surface area (Å²) in [4.78, 5) is 2.98. The van der Waals surface area contributed by atoms with E-state index in [0.717, 1.165) is 21.9 Å². The number of nitrogens with one attached hydrogen (secondary N) is 2. The summed E-state index contributed by atoms with van der Waals surface area (Å²) in [7, 11) is -3.81. The van der Waals surface area contributed by atoms with Gasteiger partial charge in [0.15, 0.2) is 0 Å². The van der Waals surface area contributed by atoms with Gasteiger partial charge in [0.2, 0.25) is 10.0 Å². The first kappa shape index (κ1) is 20.6. The molecule has 0 fully saturated rings. The van der Waals surface area contributed by atoms with Gasteiger partial charge in [-0.05, 0) is 45.8 Å². The van der Waals surface area contributed by atoms with Crippen LogP contribution in [-0.4, -0.2) is 8.42 Å². The fourth-order valence-electron chi connectivity index (χ4n) is 3.54. The van der Waals surface area contributed by atoms with Gasteiger partial charge in [0, 0.05) is 0 Å². The molecule has 0 aromatic heterocycles. The van der Waals surface area contributed by atoms with Gasteiger partial charge in [-0.15, -0.1) is 0 Å². The van der Waals surface area contributed by atoms with Crippen LogP contribution in [0.1, 0.15) is 23.2 Å². The standard InChI is InChI=1S/C24H21ClN2O2S/c25-26-23(19-10-3-1-4-11-19)24(20-12-5-2-6-13-20)27-30(28,29)22-16-15-18-9-7-8-14-21(18)17-22/h1-17,23-24,26-27H/t23-,24-/m1/s1. The van der Waals surface area contributed by atoms with Crippen LogP contribution in [0.2, 0.25) is 0 Å². The van der Waals surface area contributed by atoms with Crippen LogP contribution in [0.25, 0.3) is 10.8 Å². The Hall–Kier alpha value is -2.70. The van der Waals surface area contributed by atoms with E-state index in [0.29, 0.717) is 0 Å². The molecule has 2 N–H and O–H groups in total. The number of hydrogen-bond acceptors (Lipinski definition) is 3.